The third kappa shape index (κ3) is 11.9. The van der Waals surface area contributed by atoms with Crippen LogP contribution in [0.3, 0.4) is 0 Å². The van der Waals surface area contributed by atoms with Crippen molar-refractivity contribution in [2.75, 3.05) is 32.2 Å². The molecule has 2 N–H and O–H groups in total. The molecule has 284 valence electrons. The van der Waals surface area contributed by atoms with E-state index in [1.165, 1.54) is 24.3 Å². The summed E-state index contributed by atoms with van der Waals surface area (Å²) in [5, 5.41) is 41.2. The van der Waals surface area contributed by atoms with Gasteiger partial charge in [-0.2, -0.15) is 0 Å². The first kappa shape index (κ1) is 44.0. The van der Waals surface area contributed by atoms with Crippen LogP contribution >= 0.6 is 11.6 Å². The number of nitrogens with zero attached hydrogens (tertiary/aromatic N) is 4. The highest BCUT2D eigenvalue weighted by Crippen LogP contribution is 2.34. The molecule has 0 aliphatic carbocycles. The van der Waals surface area contributed by atoms with E-state index in [0.29, 0.717) is 37.4 Å². The van der Waals surface area contributed by atoms with Crippen LogP contribution in [0.5, 0.6) is 0 Å². The number of carbonyl (C=O) groups is 2. The summed E-state index contributed by atoms with van der Waals surface area (Å²) >= 11 is 5.79. The van der Waals surface area contributed by atoms with E-state index >= 15 is 0 Å². The summed E-state index contributed by atoms with van der Waals surface area (Å²) in [5.74, 6) is -0.115. The highest BCUT2D eigenvalue weighted by molar-refractivity contribution is 6.17. The molecule has 4 aromatic rings. The van der Waals surface area contributed by atoms with Gasteiger partial charge in [0.1, 0.15) is 0 Å². The Hall–Kier alpha value is -5.17. The fourth-order valence-electron chi connectivity index (χ4n) is 6.16. The van der Waals surface area contributed by atoms with E-state index in [1.54, 1.807) is 34.1 Å². The van der Waals surface area contributed by atoms with Crippen LogP contribution in [-0.4, -0.2) is 73.9 Å². The van der Waals surface area contributed by atoms with Crippen LogP contribution < -0.4 is 0 Å². The van der Waals surface area contributed by atoms with Gasteiger partial charge in [-0.3, -0.25) is 29.8 Å². The quantitative estimate of drug-likeness (QED) is 0.0754. The van der Waals surface area contributed by atoms with Crippen molar-refractivity contribution >= 4 is 34.8 Å². The number of non-ortho nitro benzene ring substituents is 2. The molecular formula is C40H49ClN4O8. The minimum absolute atomic E-state index is 0. The average Bonchev–Trinajstić information content (AvgIpc) is 3.15. The summed E-state index contributed by atoms with van der Waals surface area (Å²) in [4.78, 5) is 49.8. The van der Waals surface area contributed by atoms with Gasteiger partial charge in [0, 0.05) is 43.2 Å². The number of halogens is 1. The fourth-order valence-corrected chi connectivity index (χ4v) is 6.28. The number of hydrogen-bond acceptors (Lipinski definition) is 8. The molecule has 1 saturated heterocycles. The second kappa shape index (κ2) is 22.0. The first-order valence-corrected chi connectivity index (χ1v) is 17.2. The van der Waals surface area contributed by atoms with Crippen LogP contribution in [0.2, 0.25) is 0 Å². The van der Waals surface area contributed by atoms with Crippen LogP contribution in [0.4, 0.5) is 11.4 Å². The van der Waals surface area contributed by atoms with Gasteiger partial charge in [-0.05, 0) is 41.5 Å². The predicted molar refractivity (Wildman–Crippen MR) is 207 cm³/mol. The number of aliphatic hydroxyl groups is 2. The predicted octanol–water partition coefficient (Wildman–Crippen LogP) is 7.64. The number of piperidine rings is 1. The minimum Gasteiger partial charge on any atom is -0.394 e. The summed E-state index contributed by atoms with van der Waals surface area (Å²) in [6, 6.07) is 30.1. The van der Waals surface area contributed by atoms with Gasteiger partial charge in [0.15, 0.2) is 0 Å². The van der Waals surface area contributed by atoms with Crippen molar-refractivity contribution in [1.29, 1.82) is 0 Å². The van der Waals surface area contributed by atoms with E-state index in [1.807, 2.05) is 60.7 Å². The normalized spacial score (nSPS) is 14.7. The zero-order valence-corrected chi connectivity index (χ0v) is 28.8. The summed E-state index contributed by atoms with van der Waals surface area (Å²) in [6.45, 7) is 0.693. The zero-order chi connectivity index (χ0) is 36.8. The van der Waals surface area contributed by atoms with E-state index < -0.39 is 15.9 Å². The van der Waals surface area contributed by atoms with Crippen LogP contribution in [0.25, 0.3) is 0 Å². The number of likely N-dealkylation sites (tertiary alicyclic amines) is 1. The maximum absolute atomic E-state index is 13.0. The Bertz CT molecular complexity index is 1730. The molecule has 13 heteroatoms. The number of carbonyl (C=O) groups excluding carboxylic acids is 2. The number of alkyl halides is 1. The Morgan fingerprint density at radius 3 is 1.83 bits per heavy atom. The van der Waals surface area contributed by atoms with Gasteiger partial charge in [-0.1, -0.05) is 99.8 Å². The number of rotatable bonds is 14. The lowest BCUT2D eigenvalue weighted by atomic mass is 9.88. The standard InChI is InChI=1S/C19H21ClN2O4.C19H20N2O4.2CH4/c20-11-4-12-21(18(14-23)16-5-2-1-3-6-16)19(24)13-15-7-9-17(10-8-15)22(25)26;22-13-18(15-5-2-1-3-6-15)20-12-4-7-17(19(20)23)14-8-10-16(11-9-14)21(24)25;;/h1-3,5-10,18,23H,4,11-14H2;1-3,5-6,8-11,17-18,22H,4,7,12-13H2;2*1H4/t18-;17-,18-;;/m00../s1. The third-order valence-electron chi connectivity index (χ3n) is 8.80. The minimum atomic E-state index is -0.477. The number of nitro groups is 2. The molecule has 1 fully saturated rings. The maximum atomic E-state index is 13.0. The molecule has 1 heterocycles. The molecule has 0 saturated carbocycles. The Labute approximate surface area is 315 Å². The largest absolute Gasteiger partial charge is 0.394 e. The third-order valence-corrected chi connectivity index (χ3v) is 9.07. The summed E-state index contributed by atoms with van der Waals surface area (Å²) in [5.41, 5.74) is 3.22. The Balaban J connectivity index is 0.000000354. The Morgan fingerprint density at radius 2 is 1.34 bits per heavy atom. The van der Waals surface area contributed by atoms with Gasteiger partial charge in [0.25, 0.3) is 11.4 Å². The van der Waals surface area contributed by atoms with Crippen molar-refractivity contribution in [2.45, 2.75) is 58.5 Å². The summed E-state index contributed by atoms with van der Waals surface area (Å²) in [7, 11) is 0. The second-order valence-corrected chi connectivity index (χ2v) is 12.4. The zero-order valence-electron chi connectivity index (χ0n) is 28.0. The van der Waals surface area contributed by atoms with Crippen molar-refractivity contribution in [1.82, 2.24) is 9.80 Å². The molecule has 53 heavy (non-hydrogen) atoms. The highest BCUT2D eigenvalue weighted by Gasteiger charge is 2.34. The van der Waals surface area contributed by atoms with Gasteiger partial charge >= 0.3 is 0 Å². The van der Waals surface area contributed by atoms with Gasteiger partial charge in [-0.15, -0.1) is 11.6 Å². The van der Waals surface area contributed by atoms with Crippen molar-refractivity contribution in [3.05, 3.63) is 152 Å². The van der Waals surface area contributed by atoms with Crippen LogP contribution in [0.15, 0.2) is 109 Å². The van der Waals surface area contributed by atoms with E-state index in [-0.39, 0.29) is 69.6 Å². The molecule has 0 unspecified atom stereocenters. The molecule has 3 atom stereocenters. The molecule has 0 aromatic heterocycles. The number of nitro benzene ring substituents is 2. The molecule has 0 bridgehead atoms. The molecule has 4 aromatic carbocycles. The number of benzene rings is 4. The lowest BCUT2D eigenvalue weighted by Crippen LogP contribution is -2.43. The molecule has 2 amide bonds. The van der Waals surface area contributed by atoms with E-state index in [2.05, 4.69) is 0 Å². The molecule has 0 radical (unpaired) electrons. The van der Waals surface area contributed by atoms with Gasteiger partial charge in [0.2, 0.25) is 11.8 Å². The molecule has 1 aliphatic heterocycles. The molecular weight excluding hydrogens is 700 g/mol. The topological polar surface area (TPSA) is 167 Å². The number of amides is 2. The maximum Gasteiger partial charge on any atom is 0.269 e. The summed E-state index contributed by atoms with van der Waals surface area (Å²) in [6.07, 6.45) is 2.25. The number of aliphatic hydroxyl groups excluding tert-OH is 2. The Morgan fingerprint density at radius 1 is 0.811 bits per heavy atom. The average molecular weight is 749 g/mol. The first-order valence-electron chi connectivity index (χ1n) is 16.6. The lowest BCUT2D eigenvalue weighted by molar-refractivity contribution is -0.385. The molecule has 0 spiro atoms. The fraction of sp³-hybridized carbons (Fsp3) is 0.350. The highest BCUT2D eigenvalue weighted by atomic mass is 35.5. The van der Waals surface area contributed by atoms with Crippen molar-refractivity contribution in [3.8, 4) is 0 Å². The molecule has 1 aliphatic rings. The van der Waals surface area contributed by atoms with Gasteiger partial charge in [-0.25, -0.2) is 0 Å². The SMILES string of the molecule is C.C.O=C(Cc1ccc([N+](=O)[O-])cc1)N(CCCCl)[C@@H](CO)c1ccccc1.O=C1[C@H](c2ccc([N+](=O)[O-])cc2)CCCN1[C@@H](CO)c1ccccc1. The number of hydrogen-bond donors (Lipinski definition) is 2. The summed E-state index contributed by atoms with van der Waals surface area (Å²) < 4.78 is 0. The van der Waals surface area contributed by atoms with Crippen molar-refractivity contribution < 1.29 is 29.6 Å². The van der Waals surface area contributed by atoms with Gasteiger partial charge in [0.05, 0.1) is 47.5 Å². The van der Waals surface area contributed by atoms with Gasteiger partial charge < -0.3 is 20.0 Å². The monoisotopic (exact) mass is 748 g/mol. The smallest absolute Gasteiger partial charge is 0.269 e. The Kier molecular flexibility index (Phi) is 18.3. The van der Waals surface area contributed by atoms with Crippen molar-refractivity contribution in [2.24, 2.45) is 0 Å². The molecule has 5 rings (SSSR count). The molecule has 12 nitrogen and oxygen atoms in total. The van der Waals surface area contributed by atoms with Crippen LogP contribution in [0.1, 0.15) is 74.4 Å². The van der Waals surface area contributed by atoms with Crippen molar-refractivity contribution in [3.63, 3.8) is 0 Å². The first-order chi connectivity index (χ1) is 24.7. The lowest BCUT2D eigenvalue weighted by Gasteiger charge is -2.37. The van der Waals surface area contributed by atoms with E-state index in [4.69, 9.17) is 11.6 Å². The van der Waals surface area contributed by atoms with E-state index in [0.717, 1.165) is 23.1 Å². The van der Waals surface area contributed by atoms with Crippen LogP contribution in [-0.2, 0) is 16.0 Å². The second-order valence-electron chi connectivity index (χ2n) is 12.0. The van der Waals surface area contributed by atoms with Crippen LogP contribution in [0, 0.1) is 20.2 Å². The van der Waals surface area contributed by atoms with E-state index in [9.17, 15) is 40.0 Å².